The molecule has 146 valence electrons. The van der Waals surface area contributed by atoms with Gasteiger partial charge in [0.1, 0.15) is 13.2 Å². The van der Waals surface area contributed by atoms with Gasteiger partial charge >= 0.3 is 5.91 Å². The molecule has 0 bridgehead atoms. The summed E-state index contributed by atoms with van der Waals surface area (Å²) >= 11 is 1.72. The van der Waals surface area contributed by atoms with E-state index < -0.39 is 11.7 Å². The molecule has 0 unspecified atom stereocenters. The van der Waals surface area contributed by atoms with Crippen molar-refractivity contribution in [2.45, 2.75) is 6.54 Å². The van der Waals surface area contributed by atoms with Crippen LogP contribution in [0.2, 0.25) is 0 Å². The highest BCUT2D eigenvalue weighted by Gasteiger charge is 2.38. The first kappa shape index (κ1) is 17.7. The monoisotopic (exact) mass is 399 g/mol. The first-order valence-corrected chi connectivity index (χ1v) is 10.4. The summed E-state index contributed by atoms with van der Waals surface area (Å²) in [5, 5.41) is 4.29. The van der Waals surface area contributed by atoms with Crippen molar-refractivity contribution >= 4 is 28.7 Å². The van der Waals surface area contributed by atoms with E-state index in [2.05, 4.69) is 26.6 Å². The van der Waals surface area contributed by atoms with Gasteiger partial charge in [0.25, 0.3) is 5.78 Å². The minimum Gasteiger partial charge on any atom is -0.486 e. The number of carbonyl (C=O) groups excluding carboxylic acids is 2. The number of ether oxygens (including phenoxy) is 2. The Kier molecular flexibility index (Phi) is 4.54. The molecule has 1 fully saturated rings. The number of carbonyl (C=O) groups is 2. The summed E-state index contributed by atoms with van der Waals surface area (Å²) in [6.45, 7) is 5.92. The van der Waals surface area contributed by atoms with Crippen LogP contribution in [0.15, 0.2) is 29.0 Å². The minimum atomic E-state index is -0.474. The zero-order valence-corrected chi connectivity index (χ0v) is 16.2. The van der Waals surface area contributed by atoms with E-state index in [-0.39, 0.29) is 0 Å². The third-order valence-corrected chi connectivity index (χ3v) is 6.16. The highest BCUT2D eigenvalue weighted by molar-refractivity contribution is 7.07. The van der Waals surface area contributed by atoms with Crippen molar-refractivity contribution in [2.75, 3.05) is 51.0 Å². The molecule has 0 aliphatic carbocycles. The molecule has 1 saturated heterocycles. The summed E-state index contributed by atoms with van der Waals surface area (Å²) in [7, 11) is 0. The molecule has 0 radical (unpaired) electrons. The number of piperazine rings is 1. The molecule has 5 rings (SSSR count). The number of rotatable bonds is 4. The van der Waals surface area contributed by atoms with Crippen LogP contribution in [0.25, 0.3) is 0 Å². The van der Waals surface area contributed by atoms with Crippen LogP contribution in [0.1, 0.15) is 15.9 Å². The van der Waals surface area contributed by atoms with E-state index in [0.717, 1.165) is 32.7 Å². The summed E-state index contributed by atoms with van der Waals surface area (Å²) in [6, 6.07) is 5.57. The molecule has 3 aliphatic rings. The molecule has 1 aromatic heterocycles. The molecular weight excluding hydrogens is 378 g/mol. The normalized spacial score (nSPS) is 19.9. The van der Waals surface area contributed by atoms with Crippen molar-refractivity contribution in [3.63, 3.8) is 0 Å². The summed E-state index contributed by atoms with van der Waals surface area (Å²) in [6.07, 6.45) is 0. The van der Waals surface area contributed by atoms with Gasteiger partial charge in [0.05, 0.1) is 17.9 Å². The largest absolute Gasteiger partial charge is 0.486 e. The van der Waals surface area contributed by atoms with Crippen LogP contribution < -0.4 is 14.4 Å². The quantitative estimate of drug-likeness (QED) is 0.731. The Balaban J connectivity index is 1.28. The maximum Gasteiger partial charge on any atom is 0.300 e. The van der Waals surface area contributed by atoms with Gasteiger partial charge in [-0.25, -0.2) is 0 Å². The Morgan fingerprint density at radius 2 is 1.68 bits per heavy atom. The van der Waals surface area contributed by atoms with Crippen LogP contribution in [0.4, 0.5) is 5.69 Å². The van der Waals surface area contributed by atoms with Crippen LogP contribution in [-0.4, -0.2) is 67.6 Å². The number of Topliss-reactive ketones (excluding diaryl/α,β-unsaturated/α-hetero) is 1. The van der Waals surface area contributed by atoms with Crippen molar-refractivity contribution in [2.24, 2.45) is 0 Å². The number of ketones is 1. The van der Waals surface area contributed by atoms with Gasteiger partial charge in [0.15, 0.2) is 11.5 Å². The lowest BCUT2D eigenvalue weighted by Crippen LogP contribution is -2.50. The summed E-state index contributed by atoms with van der Waals surface area (Å²) in [5.74, 6) is 0.189. The SMILES string of the molecule is O=C1C(=O)N(CN2CCN(Cc3ccsc3)CC2)c2cc3c(cc21)OCCO3. The number of anilines is 1. The maximum absolute atomic E-state index is 12.6. The molecule has 0 atom stereocenters. The summed E-state index contributed by atoms with van der Waals surface area (Å²) < 4.78 is 11.2. The molecule has 0 N–H and O–H groups in total. The van der Waals surface area contributed by atoms with Gasteiger partial charge in [-0.2, -0.15) is 11.3 Å². The van der Waals surface area contributed by atoms with Crippen molar-refractivity contribution in [3.8, 4) is 11.5 Å². The van der Waals surface area contributed by atoms with Crippen molar-refractivity contribution in [1.29, 1.82) is 0 Å². The second kappa shape index (κ2) is 7.20. The fourth-order valence-corrected chi connectivity index (χ4v) is 4.56. The predicted molar refractivity (Wildman–Crippen MR) is 105 cm³/mol. The molecular formula is C20H21N3O4S. The van der Waals surface area contributed by atoms with Crippen LogP contribution in [0, 0.1) is 0 Å². The fourth-order valence-electron chi connectivity index (χ4n) is 3.90. The van der Waals surface area contributed by atoms with Crippen molar-refractivity contribution < 1.29 is 19.1 Å². The number of nitrogens with zero attached hydrogens (tertiary/aromatic N) is 3. The van der Waals surface area contributed by atoms with Crippen LogP contribution >= 0.6 is 11.3 Å². The number of amides is 1. The smallest absolute Gasteiger partial charge is 0.300 e. The van der Waals surface area contributed by atoms with Gasteiger partial charge in [-0.1, -0.05) is 0 Å². The maximum atomic E-state index is 12.6. The van der Waals surface area contributed by atoms with Gasteiger partial charge in [-0.15, -0.1) is 0 Å². The van der Waals surface area contributed by atoms with Crippen LogP contribution in [0.5, 0.6) is 11.5 Å². The second-order valence-electron chi connectivity index (χ2n) is 7.24. The minimum absolute atomic E-state index is 0.408. The fraction of sp³-hybridized carbons (Fsp3) is 0.400. The lowest BCUT2D eigenvalue weighted by Gasteiger charge is -2.36. The number of hydrogen-bond donors (Lipinski definition) is 0. The lowest BCUT2D eigenvalue weighted by atomic mass is 10.1. The first-order valence-electron chi connectivity index (χ1n) is 9.44. The molecule has 1 amide bonds. The molecule has 3 aliphatic heterocycles. The molecule has 28 heavy (non-hydrogen) atoms. The molecule has 2 aromatic rings. The lowest BCUT2D eigenvalue weighted by molar-refractivity contribution is -0.114. The van der Waals surface area contributed by atoms with E-state index in [0.29, 0.717) is 42.6 Å². The third kappa shape index (κ3) is 3.17. The Morgan fingerprint density at radius 3 is 2.39 bits per heavy atom. The Hall–Kier alpha value is -2.42. The molecule has 4 heterocycles. The molecule has 7 nitrogen and oxygen atoms in total. The summed E-state index contributed by atoms with van der Waals surface area (Å²) in [5.41, 5.74) is 2.38. The molecule has 8 heteroatoms. The number of hydrogen-bond acceptors (Lipinski definition) is 7. The van der Waals surface area contributed by atoms with Crippen LogP contribution in [0.3, 0.4) is 0 Å². The van der Waals surface area contributed by atoms with Gasteiger partial charge < -0.3 is 9.47 Å². The van der Waals surface area contributed by atoms with Gasteiger partial charge in [-0.3, -0.25) is 24.3 Å². The Morgan fingerprint density at radius 1 is 0.964 bits per heavy atom. The second-order valence-corrected chi connectivity index (χ2v) is 8.02. The highest BCUT2D eigenvalue weighted by Crippen LogP contribution is 2.40. The third-order valence-electron chi connectivity index (χ3n) is 5.43. The van der Waals surface area contributed by atoms with E-state index >= 15 is 0 Å². The standard InChI is InChI=1S/C20H21N3O4S/c24-19-15-9-17-18(27-7-6-26-17)10-16(15)23(20(19)25)13-22-4-2-21(3-5-22)11-14-1-8-28-12-14/h1,8-10,12H,2-7,11,13H2. The predicted octanol–water partition coefficient (Wildman–Crippen LogP) is 1.82. The molecule has 0 saturated carbocycles. The Labute approximate surface area is 167 Å². The zero-order chi connectivity index (χ0) is 19.1. The average molecular weight is 399 g/mol. The van der Waals surface area contributed by atoms with E-state index in [1.54, 1.807) is 28.4 Å². The van der Waals surface area contributed by atoms with Crippen molar-refractivity contribution in [1.82, 2.24) is 9.80 Å². The van der Waals surface area contributed by atoms with Crippen LogP contribution in [-0.2, 0) is 11.3 Å². The zero-order valence-electron chi connectivity index (χ0n) is 15.4. The highest BCUT2D eigenvalue weighted by atomic mass is 32.1. The molecule has 0 spiro atoms. The van der Waals surface area contributed by atoms with Gasteiger partial charge in [0.2, 0.25) is 0 Å². The number of benzene rings is 1. The van der Waals surface area contributed by atoms with Gasteiger partial charge in [0, 0.05) is 38.8 Å². The Bertz CT molecular complexity index is 906. The van der Waals surface area contributed by atoms with E-state index in [4.69, 9.17) is 9.47 Å². The van der Waals surface area contributed by atoms with Crippen molar-refractivity contribution in [3.05, 3.63) is 40.1 Å². The van der Waals surface area contributed by atoms with Gasteiger partial charge in [-0.05, 0) is 28.5 Å². The molecule has 1 aromatic carbocycles. The van der Waals surface area contributed by atoms with E-state index in [1.807, 2.05) is 0 Å². The van der Waals surface area contributed by atoms with E-state index in [9.17, 15) is 9.59 Å². The summed E-state index contributed by atoms with van der Waals surface area (Å²) in [4.78, 5) is 31.3. The van der Waals surface area contributed by atoms with E-state index in [1.165, 1.54) is 5.56 Å². The number of fused-ring (bicyclic) bond motifs is 2. The first-order chi connectivity index (χ1) is 13.7. The number of thiophene rings is 1. The topological polar surface area (TPSA) is 62.3 Å². The average Bonchev–Trinajstić information content (AvgIpc) is 3.31.